The normalized spacial score (nSPS) is 10.9. The van der Waals surface area contributed by atoms with E-state index in [1.54, 1.807) is 34.2 Å². The highest BCUT2D eigenvalue weighted by atomic mass is 35.5. The summed E-state index contributed by atoms with van der Waals surface area (Å²) >= 11 is 7.60. The molecule has 0 aliphatic rings. The smallest absolute Gasteiger partial charge is 0.271 e. The first-order valence-electron chi connectivity index (χ1n) is 5.97. The van der Waals surface area contributed by atoms with Gasteiger partial charge < -0.3 is 5.32 Å². The van der Waals surface area contributed by atoms with Gasteiger partial charge in [0.2, 0.25) is 0 Å². The average molecular weight is 307 g/mol. The molecule has 0 bridgehead atoms. The highest BCUT2D eigenvalue weighted by Crippen LogP contribution is 2.18. The third-order valence-corrected chi connectivity index (χ3v) is 3.97. The molecule has 3 aromatic rings. The minimum Gasteiger partial charge on any atom is -0.346 e. The van der Waals surface area contributed by atoms with Gasteiger partial charge >= 0.3 is 0 Å². The van der Waals surface area contributed by atoms with E-state index < -0.39 is 0 Å². The molecule has 0 spiro atoms. The van der Waals surface area contributed by atoms with Gasteiger partial charge in [-0.25, -0.2) is 9.97 Å². The minimum absolute atomic E-state index is 0.203. The van der Waals surface area contributed by atoms with Gasteiger partial charge in [-0.3, -0.25) is 9.20 Å². The molecule has 0 atom stereocenters. The van der Waals surface area contributed by atoms with Gasteiger partial charge in [0.25, 0.3) is 5.91 Å². The number of hydrogen-bond donors (Lipinski definition) is 1. The number of fused-ring (bicyclic) bond motifs is 1. The fourth-order valence-electron chi connectivity index (χ4n) is 1.91. The van der Waals surface area contributed by atoms with Crippen molar-refractivity contribution in [2.45, 2.75) is 13.5 Å². The molecule has 0 unspecified atom stereocenters. The van der Waals surface area contributed by atoms with Crippen LogP contribution in [0.4, 0.5) is 0 Å². The Balaban J connectivity index is 1.83. The molecule has 3 rings (SSSR count). The summed E-state index contributed by atoms with van der Waals surface area (Å²) in [5, 5.41) is 4.01. The van der Waals surface area contributed by atoms with Crippen LogP contribution in [-0.4, -0.2) is 20.3 Å². The molecular weight excluding hydrogens is 296 g/mol. The second-order valence-corrected chi connectivity index (χ2v) is 5.89. The van der Waals surface area contributed by atoms with E-state index in [-0.39, 0.29) is 11.1 Å². The Kier molecular flexibility index (Phi) is 3.42. The third kappa shape index (κ3) is 2.39. The monoisotopic (exact) mass is 306 g/mol. The van der Waals surface area contributed by atoms with Crippen molar-refractivity contribution in [1.29, 1.82) is 0 Å². The number of aromatic nitrogens is 3. The van der Waals surface area contributed by atoms with E-state index in [4.69, 9.17) is 11.6 Å². The van der Waals surface area contributed by atoms with E-state index >= 15 is 0 Å². The number of thiazole rings is 1. The maximum absolute atomic E-state index is 12.2. The van der Waals surface area contributed by atoms with Crippen LogP contribution in [0.2, 0.25) is 5.15 Å². The number of amides is 1. The number of carbonyl (C=O) groups excluding carboxylic acids is 1. The molecule has 5 nitrogen and oxygen atoms in total. The summed E-state index contributed by atoms with van der Waals surface area (Å²) in [6, 6.07) is 5.48. The van der Waals surface area contributed by atoms with Gasteiger partial charge in [0.05, 0.1) is 11.6 Å². The van der Waals surface area contributed by atoms with Crippen molar-refractivity contribution in [2.24, 2.45) is 0 Å². The third-order valence-electron chi connectivity index (χ3n) is 2.79. The number of pyridine rings is 1. The largest absolute Gasteiger partial charge is 0.346 e. The average Bonchev–Trinajstić information content (AvgIpc) is 2.98. The fraction of sp³-hybridized carbons (Fsp3) is 0.154. The zero-order chi connectivity index (χ0) is 14.1. The number of imidazole rings is 1. The molecule has 3 heterocycles. The molecule has 3 aromatic heterocycles. The number of halogens is 1. The molecule has 1 N–H and O–H groups in total. The van der Waals surface area contributed by atoms with E-state index in [0.29, 0.717) is 17.9 Å². The maximum Gasteiger partial charge on any atom is 0.271 e. The highest BCUT2D eigenvalue weighted by molar-refractivity contribution is 7.11. The summed E-state index contributed by atoms with van der Waals surface area (Å²) in [5.74, 6) is -0.250. The summed E-state index contributed by atoms with van der Waals surface area (Å²) in [6.07, 6.45) is 3.52. The van der Waals surface area contributed by atoms with Crippen molar-refractivity contribution >= 4 is 34.5 Å². The van der Waals surface area contributed by atoms with Crippen molar-refractivity contribution < 1.29 is 4.79 Å². The van der Waals surface area contributed by atoms with Crippen LogP contribution in [0.1, 0.15) is 20.4 Å². The molecule has 0 radical (unpaired) electrons. The van der Waals surface area contributed by atoms with Gasteiger partial charge in [0.1, 0.15) is 5.65 Å². The zero-order valence-corrected chi connectivity index (χ0v) is 12.2. The van der Waals surface area contributed by atoms with E-state index in [1.807, 2.05) is 19.1 Å². The van der Waals surface area contributed by atoms with Gasteiger partial charge in [-0.15, -0.1) is 11.3 Å². The van der Waals surface area contributed by atoms with Crippen molar-refractivity contribution in [1.82, 2.24) is 19.7 Å². The van der Waals surface area contributed by atoms with Crippen molar-refractivity contribution in [3.8, 4) is 0 Å². The fourth-order valence-corrected chi connectivity index (χ4v) is 2.91. The summed E-state index contributed by atoms with van der Waals surface area (Å²) in [6.45, 7) is 2.36. The molecule has 0 fully saturated rings. The minimum atomic E-state index is -0.250. The lowest BCUT2D eigenvalue weighted by molar-refractivity contribution is 0.0945. The zero-order valence-electron chi connectivity index (χ0n) is 10.6. The molecule has 0 saturated carbocycles. The first-order chi connectivity index (χ1) is 9.65. The van der Waals surface area contributed by atoms with Gasteiger partial charge in [0.15, 0.2) is 10.8 Å². The Morgan fingerprint density at radius 3 is 3.10 bits per heavy atom. The van der Waals surface area contributed by atoms with Crippen LogP contribution in [0, 0.1) is 6.92 Å². The van der Waals surface area contributed by atoms with Crippen LogP contribution in [-0.2, 0) is 6.54 Å². The Morgan fingerprint density at radius 1 is 1.50 bits per heavy atom. The standard InChI is InChI=1S/C13H11ClN4OS/c1-8-15-6-9(20-8)7-16-13(19)11-12(14)17-10-4-2-3-5-18(10)11/h2-6H,7H2,1H3,(H,16,19). The molecule has 1 amide bonds. The Morgan fingerprint density at radius 2 is 2.35 bits per heavy atom. The van der Waals surface area contributed by atoms with Gasteiger partial charge in [-0.2, -0.15) is 0 Å². The number of nitrogens with zero attached hydrogens (tertiary/aromatic N) is 3. The lowest BCUT2D eigenvalue weighted by Gasteiger charge is -2.03. The molecule has 20 heavy (non-hydrogen) atoms. The van der Waals surface area contributed by atoms with Gasteiger partial charge in [0, 0.05) is 17.3 Å². The van der Waals surface area contributed by atoms with Crippen LogP contribution in [0.15, 0.2) is 30.6 Å². The molecule has 7 heteroatoms. The van der Waals surface area contributed by atoms with Gasteiger partial charge in [-0.1, -0.05) is 17.7 Å². The predicted octanol–water partition coefficient (Wildman–Crippen LogP) is 2.68. The van der Waals surface area contributed by atoms with Crippen LogP contribution >= 0.6 is 22.9 Å². The number of rotatable bonds is 3. The lowest BCUT2D eigenvalue weighted by Crippen LogP contribution is -2.24. The number of hydrogen-bond acceptors (Lipinski definition) is 4. The van der Waals surface area contributed by atoms with Crippen LogP contribution in [0.5, 0.6) is 0 Å². The van der Waals surface area contributed by atoms with E-state index in [0.717, 1.165) is 9.88 Å². The first kappa shape index (κ1) is 13.1. The quantitative estimate of drug-likeness (QED) is 0.809. The summed E-state index contributed by atoms with van der Waals surface area (Å²) < 4.78 is 1.68. The van der Waals surface area contributed by atoms with E-state index in [9.17, 15) is 4.79 Å². The summed E-state index contributed by atoms with van der Waals surface area (Å²) in [4.78, 5) is 21.5. The molecular formula is C13H11ClN4OS. The molecule has 0 aromatic carbocycles. The van der Waals surface area contributed by atoms with E-state index in [2.05, 4.69) is 15.3 Å². The number of carbonyl (C=O) groups is 1. The van der Waals surface area contributed by atoms with E-state index in [1.165, 1.54) is 0 Å². The Labute approximate surface area is 124 Å². The van der Waals surface area contributed by atoms with Crippen LogP contribution in [0.3, 0.4) is 0 Å². The second kappa shape index (κ2) is 5.22. The summed E-state index contributed by atoms with van der Waals surface area (Å²) in [5.41, 5.74) is 1.000. The SMILES string of the molecule is Cc1ncc(CNC(=O)c2c(Cl)nc3ccccn23)s1. The van der Waals surface area contributed by atoms with Crippen molar-refractivity contribution in [3.05, 3.63) is 51.3 Å². The number of nitrogens with one attached hydrogen (secondary N) is 1. The highest BCUT2D eigenvalue weighted by Gasteiger charge is 2.17. The molecule has 102 valence electrons. The van der Waals surface area contributed by atoms with Crippen molar-refractivity contribution in [3.63, 3.8) is 0 Å². The Bertz CT molecular complexity index is 780. The second-order valence-electron chi connectivity index (χ2n) is 4.21. The first-order valence-corrected chi connectivity index (χ1v) is 7.16. The van der Waals surface area contributed by atoms with Crippen LogP contribution < -0.4 is 5.32 Å². The predicted molar refractivity (Wildman–Crippen MR) is 78.2 cm³/mol. The molecule has 0 saturated heterocycles. The maximum atomic E-state index is 12.2. The Hall–Kier alpha value is -1.92. The van der Waals surface area contributed by atoms with Crippen molar-refractivity contribution in [2.75, 3.05) is 0 Å². The van der Waals surface area contributed by atoms with Crippen LogP contribution in [0.25, 0.3) is 5.65 Å². The molecule has 0 aliphatic heterocycles. The van der Waals surface area contributed by atoms with Gasteiger partial charge in [-0.05, 0) is 19.1 Å². The summed E-state index contributed by atoms with van der Waals surface area (Å²) in [7, 11) is 0. The molecule has 0 aliphatic carbocycles. The topological polar surface area (TPSA) is 59.3 Å². The lowest BCUT2D eigenvalue weighted by atomic mass is 10.4. The number of aryl methyl sites for hydroxylation is 1.